The van der Waals surface area contributed by atoms with Crippen molar-refractivity contribution in [1.29, 1.82) is 0 Å². The third-order valence-corrected chi connectivity index (χ3v) is 3.61. The van der Waals surface area contributed by atoms with Crippen LogP contribution in [0.1, 0.15) is 27.2 Å². The molecule has 2 unspecified atom stereocenters. The molecule has 0 aromatic heterocycles. The van der Waals surface area contributed by atoms with Crippen LogP contribution in [0.2, 0.25) is 10.0 Å². The second kappa shape index (κ2) is 8.99. The Bertz CT molecular complexity index is 563. The van der Waals surface area contributed by atoms with Crippen LogP contribution in [0, 0.1) is 5.92 Å². The predicted octanol–water partition coefficient (Wildman–Crippen LogP) is 3.46. The lowest BCUT2D eigenvalue weighted by atomic mass is 10.0. The van der Waals surface area contributed by atoms with E-state index in [1.807, 2.05) is 13.8 Å². The highest BCUT2D eigenvalue weighted by Crippen LogP contribution is 2.28. The molecule has 1 N–H and O–H groups in total. The monoisotopic (exact) mass is 361 g/mol. The van der Waals surface area contributed by atoms with Gasteiger partial charge in [0.05, 0.1) is 12.1 Å². The molecule has 23 heavy (non-hydrogen) atoms. The molecule has 0 bridgehead atoms. The third-order valence-electron chi connectivity index (χ3n) is 3.08. The Hall–Kier alpha value is -1.46. The van der Waals surface area contributed by atoms with Gasteiger partial charge in [0.15, 0.2) is 6.10 Å². The summed E-state index contributed by atoms with van der Waals surface area (Å²) in [5.74, 6) is -0.339. The molecule has 2 atom stereocenters. The number of halogens is 2. The average molecular weight is 362 g/mol. The summed E-state index contributed by atoms with van der Waals surface area (Å²) in [5.41, 5.74) is 0. The van der Waals surface area contributed by atoms with Crippen LogP contribution < -0.4 is 10.1 Å². The van der Waals surface area contributed by atoms with Crippen LogP contribution in [-0.2, 0) is 14.3 Å². The van der Waals surface area contributed by atoms with E-state index in [9.17, 15) is 9.59 Å². The summed E-state index contributed by atoms with van der Waals surface area (Å²) in [7, 11) is 1.29. The molecular weight excluding hydrogens is 341 g/mol. The molecular formula is C16H21Cl2NO4. The van der Waals surface area contributed by atoms with Gasteiger partial charge in [-0.05, 0) is 37.5 Å². The first-order valence-corrected chi connectivity index (χ1v) is 8.00. The zero-order valence-corrected chi connectivity index (χ0v) is 15.1. The molecule has 1 aromatic rings. The van der Waals surface area contributed by atoms with Crippen molar-refractivity contribution in [2.45, 2.75) is 39.3 Å². The van der Waals surface area contributed by atoms with Crippen molar-refractivity contribution in [2.24, 2.45) is 5.92 Å². The number of amides is 1. The summed E-state index contributed by atoms with van der Waals surface area (Å²) in [6.45, 7) is 5.48. The van der Waals surface area contributed by atoms with Gasteiger partial charge in [0, 0.05) is 5.02 Å². The predicted molar refractivity (Wildman–Crippen MR) is 90.0 cm³/mol. The number of benzene rings is 1. The fourth-order valence-corrected chi connectivity index (χ4v) is 2.38. The van der Waals surface area contributed by atoms with Crippen LogP contribution in [0.15, 0.2) is 18.2 Å². The number of esters is 1. The number of hydrogen-bond donors (Lipinski definition) is 1. The Morgan fingerprint density at radius 1 is 1.22 bits per heavy atom. The van der Waals surface area contributed by atoms with Crippen molar-refractivity contribution in [1.82, 2.24) is 5.32 Å². The van der Waals surface area contributed by atoms with E-state index >= 15 is 0 Å². The molecule has 0 saturated heterocycles. The zero-order valence-electron chi connectivity index (χ0n) is 13.6. The Labute approximate surface area is 146 Å². The number of nitrogens with one attached hydrogen (secondary N) is 1. The summed E-state index contributed by atoms with van der Waals surface area (Å²) in [4.78, 5) is 24.0. The summed E-state index contributed by atoms with van der Waals surface area (Å²) < 4.78 is 10.2. The maximum absolute atomic E-state index is 12.2. The van der Waals surface area contributed by atoms with E-state index in [0.717, 1.165) is 0 Å². The van der Waals surface area contributed by atoms with Crippen LogP contribution in [-0.4, -0.2) is 31.1 Å². The minimum absolute atomic E-state index is 0.223. The molecule has 7 heteroatoms. The zero-order chi connectivity index (χ0) is 17.6. The van der Waals surface area contributed by atoms with E-state index < -0.39 is 24.0 Å². The molecule has 0 aliphatic carbocycles. The first kappa shape index (κ1) is 19.6. The maximum atomic E-state index is 12.2. The quantitative estimate of drug-likeness (QED) is 0.755. The summed E-state index contributed by atoms with van der Waals surface area (Å²) in [6, 6.07) is 4.02. The van der Waals surface area contributed by atoms with Crippen molar-refractivity contribution >= 4 is 35.1 Å². The molecule has 0 saturated carbocycles. The van der Waals surface area contributed by atoms with E-state index in [4.69, 9.17) is 32.7 Å². The number of ether oxygens (including phenoxy) is 2. The third kappa shape index (κ3) is 6.28. The van der Waals surface area contributed by atoms with Gasteiger partial charge >= 0.3 is 5.97 Å². The number of rotatable bonds is 7. The van der Waals surface area contributed by atoms with Crippen molar-refractivity contribution in [2.75, 3.05) is 7.11 Å². The molecule has 0 radical (unpaired) electrons. The fourth-order valence-electron chi connectivity index (χ4n) is 1.93. The second-order valence-corrected chi connectivity index (χ2v) is 6.39. The molecule has 0 spiro atoms. The standard InChI is InChI=1S/C16H21Cl2NO4/c1-9(2)7-13(16(21)22-4)19-15(20)10(3)23-14-6-5-11(17)8-12(14)18/h5-6,8-10,13H,7H2,1-4H3,(H,19,20). The highest BCUT2D eigenvalue weighted by Gasteiger charge is 2.26. The molecule has 0 aliphatic rings. The van der Waals surface area contributed by atoms with Gasteiger partial charge in [-0.2, -0.15) is 0 Å². The lowest BCUT2D eigenvalue weighted by molar-refractivity contribution is -0.146. The summed E-state index contributed by atoms with van der Waals surface area (Å²) in [6.07, 6.45) is -0.347. The van der Waals surface area contributed by atoms with Gasteiger partial charge in [-0.15, -0.1) is 0 Å². The van der Waals surface area contributed by atoms with Crippen LogP contribution >= 0.6 is 23.2 Å². The van der Waals surface area contributed by atoms with E-state index in [-0.39, 0.29) is 5.92 Å². The Morgan fingerprint density at radius 2 is 1.87 bits per heavy atom. The summed E-state index contributed by atoms with van der Waals surface area (Å²) >= 11 is 11.8. The van der Waals surface area contributed by atoms with Gasteiger partial charge in [-0.1, -0.05) is 37.0 Å². The number of hydrogen-bond acceptors (Lipinski definition) is 4. The normalized spacial score (nSPS) is 13.3. The molecule has 0 fully saturated rings. The Kier molecular flexibility index (Phi) is 7.65. The molecule has 0 aliphatic heterocycles. The first-order valence-electron chi connectivity index (χ1n) is 7.24. The second-order valence-electron chi connectivity index (χ2n) is 5.55. The van der Waals surface area contributed by atoms with Crippen LogP contribution in [0.5, 0.6) is 5.75 Å². The summed E-state index contributed by atoms with van der Waals surface area (Å²) in [5, 5.41) is 3.43. The van der Waals surface area contributed by atoms with E-state index in [0.29, 0.717) is 22.2 Å². The highest BCUT2D eigenvalue weighted by atomic mass is 35.5. The smallest absolute Gasteiger partial charge is 0.328 e. The molecule has 1 aromatic carbocycles. The largest absolute Gasteiger partial charge is 0.479 e. The van der Waals surface area contributed by atoms with Crippen LogP contribution in [0.4, 0.5) is 0 Å². The van der Waals surface area contributed by atoms with Gasteiger partial charge in [-0.25, -0.2) is 4.79 Å². The number of methoxy groups -OCH3 is 1. The topological polar surface area (TPSA) is 64.6 Å². The number of carbonyl (C=O) groups excluding carboxylic acids is 2. The number of carbonyl (C=O) groups is 2. The molecule has 0 heterocycles. The SMILES string of the molecule is COC(=O)C(CC(C)C)NC(=O)C(C)Oc1ccc(Cl)cc1Cl. The van der Waals surface area contributed by atoms with Crippen LogP contribution in [0.25, 0.3) is 0 Å². The maximum Gasteiger partial charge on any atom is 0.328 e. The molecule has 5 nitrogen and oxygen atoms in total. The first-order chi connectivity index (χ1) is 10.7. The van der Waals surface area contributed by atoms with Crippen molar-refractivity contribution in [3.8, 4) is 5.75 Å². The van der Waals surface area contributed by atoms with Gasteiger partial charge in [0.2, 0.25) is 0 Å². The fraction of sp³-hybridized carbons (Fsp3) is 0.500. The lowest BCUT2D eigenvalue weighted by Gasteiger charge is -2.21. The molecule has 1 amide bonds. The van der Waals surface area contributed by atoms with Crippen LogP contribution in [0.3, 0.4) is 0 Å². The van der Waals surface area contributed by atoms with Crippen molar-refractivity contribution < 1.29 is 19.1 Å². The minimum Gasteiger partial charge on any atom is -0.479 e. The van der Waals surface area contributed by atoms with E-state index in [1.165, 1.54) is 13.2 Å². The van der Waals surface area contributed by atoms with Gasteiger partial charge < -0.3 is 14.8 Å². The average Bonchev–Trinajstić information content (AvgIpc) is 2.47. The minimum atomic E-state index is -0.826. The lowest BCUT2D eigenvalue weighted by Crippen LogP contribution is -2.47. The Morgan fingerprint density at radius 3 is 2.39 bits per heavy atom. The van der Waals surface area contributed by atoms with Crippen molar-refractivity contribution in [3.05, 3.63) is 28.2 Å². The van der Waals surface area contributed by atoms with Gasteiger partial charge in [0.1, 0.15) is 11.8 Å². The molecule has 1 rings (SSSR count). The molecule has 128 valence electrons. The van der Waals surface area contributed by atoms with Crippen molar-refractivity contribution in [3.63, 3.8) is 0 Å². The van der Waals surface area contributed by atoms with E-state index in [2.05, 4.69) is 5.32 Å². The highest BCUT2D eigenvalue weighted by molar-refractivity contribution is 6.35. The van der Waals surface area contributed by atoms with E-state index in [1.54, 1.807) is 19.1 Å². The Balaban J connectivity index is 2.72. The van der Waals surface area contributed by atoms with Gasteiger partial charge in [0.25, 0.3) is 5.91 Å². The van der Waals surface area contributed by atoms with Gasteiger partial charge in [-0.3, -0.25) is 4.79 Å².